The van der Waals surface area contributed by atoms with Crippen LogP contribution in [0.2, 0.25) is 0 Å². The minimum atomic E-state index is -0.749. The molecule has 0 spiro atoms. The molecule has 168 valence electrons. The van der Waals surface area contributed by atoms with E-state index in [9.17, 15) is 9.59 Å². The first kappa shape index (κ1) is 22.3. The summed E-state index contributed by atoms with van der Waals surface area (Å²) >= 11 is 0. The fraction of sp³-hybridized carbons (Fsp3) is 0.214. The largest absolute Gasteiger partial charge is 0.497 e. The van der Waals surface area contributed by atoms with Gasteiger partial charge >= 0.3 is 0 Å². The van der Waals surface area contributed by atoms with E-state index in [1.807, 2.05) is 87.5 Å². The Morgan fingerprint density at radius 2 is 1.58 bits per heavy atom. The molecule has 5 nitrogen and oxygen atoms in total. The Kier molecular flexibility index (Phi) is 6.31. The van der Waals surface area contributed by atoms with Crippen molar-refractivity contribution >= 4 is 29.3 Å². The van der Waals surface area contributed by atoms with E-state index < -0.39 is 6.04 Å². The second-order valence-electron chi connectivity index (χ2n) is 8.36. The first-order chi connectivity index (χ1) is 15.9. The Labute approximate surface area is 194 Å². The van der Waals surface area contributed by atoms with E-state index in [0.717, 1.165) is 28.0 Å². The Bertz CT molecular complexity index is 1200. The molecule has 0 aromatic heterocycles. The molecule has 0 N–H and O–H groups in total. The standard InChI is InChI=1S/C28H28N2O3/c1-19-10-11-24(17-20(19)2)29-18-26(31)30(23-12-14-25(33-4)15-13-23)27(28(29)32)21(3)16-22-8-6-5-7-9-22/h5-17,27H,18H2,1-4H3. The van der Waals surface area contributed by atoms with Gasteiger partial charge in [0.05, 0.1) is 7.11 Å². The van der Waals surface area contributed by atoms with Crippen LogP contribution < -0.4 is 14.5 Å². The Morgan fingerprint density at radius 1 is 0.909 bits per heavy atom. The molecule has 1 aliphatic heterocycles. The van der Waals surface area contributed by atoms with Gasteiger partial charge in [0, 0.05) is 11.4 Å². The van der Waals surface area contributed by atoms with Crippen molar-refractivity contribution in [1.82, 2.24) is 0 Å². The third kappa shape index (κ3) is 4.53. The summed E-state index contributed by atoms with van der Waals surface area (Å²) in [5.74, 6) is 0.432. The van der Waals surface area contributed by atoms with Crippen LogP contribution in [-0.2, 0) is 9.59 Å². The van der Waals surface area contributed by atoms with Crippen LogP contribution in [0.1, 0.15) is 23.6 Å². The normalized spacial score (nSPS) is 16.8. The number of piperazine rings is 1. The second-order valence-corrected chi connectivity index (χ2v) is 8.36. The number of carbonyl (C=O) groups excluding carboxylic acids is 2. The molecule has 1 heterocycles. The predicted molar refractivity (Wildman–Crippen MR) is 133 cm³/mol. The molecule has 1 fully saturated rings. The summed E-state index contributed by atoms with van der Waals surface area (Å²) in [7, 11) is 1.60. The number of carbonyl (C=O) groups is 2. The first-order valence-electron chi connectivity index (χ1n) is 11.0. The molecule has 1 atom stereocenters. The summed E-state index contributed by atoms with van der Waals surface area (Å²) in [5, 5.41) is 0. The van der Waals surface area contributed by atoms with Crippen molar-refractivity contribution in [3.8, 4) is 5.75 Å². The molecule has 3 aromatic rings. The highest BCUT2D eigenvalue weighted by atomic mass is 16.5. The monoisotopic (exact) mass is 440 g/mol. The molecular weight excluding hydrogens is 412 g/mol. The van der Waals surface area contributed by atoms with Crippen molar-refractivity contribution in [2.24, 2.45) is 0 Å². The predicted octanol–water partition coefficient (Wildman–Crippen LogP) is 5.16. The average molecular weight is 441 g/mol. The third-order valence-electron chi connectivity index (χ3n) is 6.10. The molecule has 0 bridgehead atoms. The smallest absolute Gasteiger partial charge is 0.254 e. The van der Waals surface area contributed by atoms with E-state index >= 15 is 0 Å². The van der Waals surface area contributed by atoms with E-state index in [-0.39, 0.29) is 18.4 Å². The third-order valence-corrected chi connectivity index (χ3v) is 6.10. The van der Waals surface area contributed by atoms with Crippen LogP contribution >= 0.6 is 0 Å². The van der Waals surface area contributed by atoms with E-state index in [4.69, 9.17) is 4.74 Å². The van der Waals surface area contributed by atoms with Crippen LogP contribution in [0.5, 0.6) is 5.75 Å². The molecule has 0 aliphatic carbocycles. The van der Waals surface area contributed by atoms with Gasteiger partial charge in [-0.3, -0.25) is 14.5 Å². The maximum Gasteiger partial charge on any atom is 0.254 e. The number of amides is 2. The maximum atomic E-state index is 13.9. The fourth-order valence-electron chi connectivity index (χ4n) is 4.13. The molecule has 1 saturated heterocycles. The lowest BCUT2D eigenvalue weighted by atomic mass is 9.98. The Hall–Kier alpha value is -3.86. The zero-order valence-corrected chi connectivity index (χ0v) is 19.4. The van der Waals surface area contributed by atoms with E-state index in [1.54, 1.807) is 29.0 Å². The highest BCUT2D eigenvalue weighted by molar-refractivity contribution is 6.16. The second kappa shape index (κ2) is 9.33. The minimum Gasteiger partial charge on any atom is -0.497 e. The fourth-order valence-corrected chi connectivity index (χ4v) is 4.13. The van der Waals surface area contributed by atoms with Crippen molar-refractivity contribution in [3.63, 3.8) is 0 Å². The molecule has 5 heteroatoms. The SMILES string of the molecule is COc1ccc(N2C(=O)CN(c3ccc(C)c(C)c3)C(=O)C2C(C)=Cc2ccccc2)cc1. The van der Waals surface area contributed by atoms with Crippen LogP contribution in [0.3, 0.4) is 0 Å². The number of hydrogen-bond donors (Lipinski definition) is 0. The maximum absolute atomic E-state index is 13.9. The molecule has 33 heavy (non-hydrogen) atoms. The van der Waals surface area contributed by atoms with Gasteiger partial charge in [0.25, 0.3) is 5.91 Å². The summed E-state index contributed by atoms with van der Waals surface area (Å²) in [4.78, 5) is 30.5. The summed E-state index contributed by atoms with van der Waals surface area (Å²) < 4.78 is 5.26. The number of anilines is 2. The van der Waals surface area contributed by atoms with Gasteiger partial charge in [-0.15, -0.1) is 0 Å². The van der Waals surface area contributed by atoms with Crippen molar-refractivity contribution in [3.05, 3.63) is 95.1 Å². The molecule has 4 rings (SSSR count). The van der Waals surface area contributed by atoms with Gasteiger partial charge in [0.2, 0.25) is 5.91 Å². The lowest BCUT2D eigenvalue weighted by molar-refractivity contribution is -0.127. The van der Waals surface area contributed by atoms with E-state index in [0.29, 0.717) is 11.4 Å². The quantitative estimate of drug-likeness (QED) is 0.550. The van der Waals surface area contributed by atoms with Crippen LogP contribution in [0.25, 0.3) is 6.08 Å². The summed E-state index contributed by atoms with van der Waals surface area (Å²) in [6.07, 6.45) is 1.97. The molecule has 1 aliphatic rings. The van der Waals surface area contributed by atoms with Crippen LogP contribution in [0, 0.1) is 13.8 Å². The number of aryl methyl sites for hydroxylation is 2. The molecule has 2 amide bonds. The number of ether oxygens (including phenoxy) is 1. The van der Waals surface area contributed by atoms with Crippen molar-refractivity contribution < 1.29 is 14.3 Å². The zero-order valence-electron chi connectivity index (χ0n) is 19.4. The minimum absolute atomic E-state index is 0.0114. The molecule has 0 radical (unpaired) electrons. The van der Waals surface area contributed by atoms with Gasteiger partial charge in [-0.2, -0.15) is 0 Å². The number of methoxy groups -OCH3 is 1. The lowest BCUT2D eigenvalue weighted by Gasteiger charge is -2.41. The number of hydrogen-bond acceptors (Lipinski definition) is 3. The van der Waals surface area contributed by atoms with Gasteiger partial charge in [-0.05, 0) is 79.4 Å². The highest BCUT2D eigenvalue weighted by Crippen LogP contribution is 2.31. The van der Waals surface area contributed by atoms with Gasteiger partial charge < -0.3 is 9.64 Å². The highest BCUT2D eigenvalue weighted by Gasteiger charge is 2.41. The van der Waals surface area contributed by atoms with E-state index in [1.165, 1.54) is 0 Å². The van der Waals surface area contributed by atoms with Crippen molar-refractivity contribution in [1.29, 1.82) is 0 Å². The summed E-state index contributed by atoms with van der Waals surface area (Å²) in [6.45, 7) is 5.94. The molecule has 1 unspecified atom stereocenters. The van der Waals surface area contributed by atoms with Gasteiger partial charge in [-0.25, -0.2) is 0 Å². The molecule has 0 saturated carbocycles. The zero-order chi connectivity index (χ0) is 23.5. The van der Waals surface area contributed by atoms with Crippen molar-refractivity contribution in [2.45, 2.75) is 26.8 Å². The lowest BCUT2D eigenvalue weighted by Crippen LogP contribution is -2.61. The molecule has 3 aromatic carbocycles. The van der Waals surface area contributed by atoms with Crippen LogP contribution in [0.4, 0.5) is 11.4 Å². The Balaban J connectivity index is 1.79. The van der Waals surface area contributed by atoms with E-state index in [2.05, 4.69) is 0 Å². The van der Waals surface area contributed by atoms with Crippen LogP contribution in [0.15, 0.2) is 78.4 Å². The average Bonchev–Trinajstić information content (AvgIpc) is 2.82. The van der Waals surface area contributed by atoms with Gasteiger partial charge in [-0.1, -0.05) is 42.5 Å². The number of benzene rings is 3. The molecular formula is C28H28N2O3. The number of nitrogens with zero attached hydrogens (tertiary/aromatic N) is 2. The Morgan fingerprint density at radius 3 is 2.21 bits per heavy atom. The first-order valence-corrected chi connectivity index (χ1v) is 11.0. The van der Waals surface area contributed by atoms with Crippen LogP contribution in [-0.4, -0.2) is 31.5 Å². The number of rotatable bonds is 5. The van der Waals surface area contributed by atoms with Gasteiger partial charge in [0.1, 0.15) is 18.3 Å². The summed E-state index contributed by atoms with van der Waals surface area (Å²) in [5.41, 5.74) is 5.41. The van der Waals surface area contributed by atoms with Gasteiger partial charge in [0.15, 0.2) is 0 Å². The summed E-state index contributed by atoms with van der Waals surface area (Å²) in [6, 6.07) is 22.2. The topological polar surface area (TPSA) is 49.9 Å². The van der Waals surface area contributed by atoms with Crippen molar-refractivity contribution in [2.75, 3.05) is 23.5 Å².